The molecule has 10 heteroatoms. The second-order valence-electron chi connectivity index (χ2n) is 7.82. The quantitative estimate of drug-likeness (QED) is 0.542. The molecule has 0 aliphatic carbocycles. The first-order valence-corrected chi connectivity index (χ1v) is 12.5. The highest BCUT2D eigenvalue weighted by molar-refractivity contribution is 7.87. The summed E-state index contributed by atoms with van der Waals surface area (Å²) < 4.78 is 71.5. The van der Waals surface area contributed by atoms with Crippen molar-refractivity contribution >= 4 is 20.2 Å². The molecule has 1 fully saturated rings. The lowest BCUT2D eigenvalue weighted by atomic mass is 10.2. The van der Waals surface area contributed by atoms with Crippen molar-refractivity contribution in [1.29, 1.82) is 0 Å². The summed E-state index contributed by atoms with van der Waals surface area (Å²) in [6.45, 7) is 6.28. The molecule has 0 radical (unpaired) electrons. The van der Waals surface area contributed by atoms with Crippen LogP contribution < -0.4 is 0 Å². The summed E-state index contributed by atoms with van der Waals surface area (Å²) >= 11 is 0. The standard InChI is InChI=1S/C21H26O8S2/c1-15-5-9-17(10-6-15)30(22,23)26-13-19-20(29-21(3,4)28-19)14-27-31(24,25)18-11-7-16(2)8-12-18/h5-12,19-20H,13-14H2,1-4H3/t19-,20?/m1/s1. The predicted octanol–water partition coefficient (Wildman–Crippen LogP) is 2.93. The fourth-order valence-corrected chi connectivity index (χ4v) is 4.89. The first-order valence-electron chi connectivity index (χ1n) is 9.66. The van der Waals surface area contributed by atoms with E-state index in [0.717, 1.165) is 11.1 Å². The fourth-order valence-electron chi connectivity index (χ4n) is 3.05. The van der Waals surface area contributed by atoms with Crippen LogP contribution in [-0.2, 0) is 38.1 Å². The summed E-state index contributed by atoms with van der Waals surface area (Å²) in [6, 6.07) is 12.5. The van der Waals surface area contributed by atoms with Gasteiger partial charge in [-0.15, -0.1) is 0 Å². The molecule has 31 heavy (non-hydrogen) atoms. The van der Waals surface area contributed by atoms with Gasteiger partial charge >= 0.3 is 0 Å². The van der Waals surface area contributed by atoms with Crippen LogP contribution in [0, 0.1) is 13.8 Å². The number of hydrogen-bond donors (Lipinski definition) is 0. The van der Waals surface area contributed by atoms with Gasteiger partial charge in [0.25, 0.3) is 20.2 Å². The van der Waals surface area contributed by atoms with E-state index in [1.54, 1.807) is 38.1 Å². The zero-order chi connectivity index (χ0) is 22.9. The van der Waals surface area contributed by atoms with E-state index in [2.05, 4.69) is 0 Å². The van der Waals surface area contributed by atoms with Gasteiger partial charge in [-0.25, -0.2) is 0 Å². The number of aryl methyl sites for hydroxylation is 2. The third kappa shape index (κ3) is 6.12. The maximum atomic E-state index is 12.5. The largest absolute Gasteiger partial charge is 0.342 e. The summed E-state index contributed by atoms with van der Waals surface area (Å²) in [5.41, 5.74) is 1.83. The number of hydrogen-bond acceptors (Lipinski definition) is 8. The highest BCUT2D eigenvalue weighted by Crippen LogP contribution is 2.30. The van der Waals surface area contributed by atoms with E-state index in [0.29, 0.717) is 0 Å². The number of benzene rings is 2. The van der Waals surface area contributed by atoms with Crippen LogP contribution in [-0.4, -0.2) is 48.0 Å². The predicted molar refractivity (Wildman–Crippen MR) is 112 cm³/mol. The van der Waals surface area contributed by atoms with Crippen molar-refractivity contribution in [1.82, 2.24) is 0 Å². The van der Waals surface area contributed by atoms with E-state index in [1.807, 2.05) is 13.8 Å². The Labute approximate surface area is 183 Å². The highest BCUT2D eigenvalue weighted by Gasteiger charge is 2.43. The molecule has 0 spiro atoms. The highest BCUT2D eigenvalue weighted by atomic mass is 32.2. The van der Waals surface area contributed by atoms with Gasteiger partial charge in [0.05, 0.1) is 23.0 Å². The van der Waals surface area contributed by atoms with E-state index in [4.69, 9.17) is 17.8 Å². The molecule has 1 unspecified atom stereocenters. The number of rotatable bonds is 8. The second kappa shape index (κ2) is 8.97. The van der Waals surface area contributed by atoms with E-state index < -0.39 is 38.2 Å². The van der Waals surface area contributed by atoms with Crippen LogP contribution in [0.2, 0.25) is 0 Å². The van der Waals surface area contributed by atoms with Crippen molar-refractivity contribution < 1.29 is 34.7 Å². The zero-order valence-electron chi connectivity index (χ0n) is 17.8. The molecule has 1 aliphatic heterocycles. The maximum absolute atomic E-state index is 12.5. The van der Waals surface area contributed by atoms with Crippen molar-refractivity contribution in [2.24, 2.45) is 0 Å². The summed E-state index contributed by atoms with van der Waals surface area (Å²) in [6.07, 6.45) is -1.69. The van der Waals surface area contributed by atoms with Gasteiger partial charge in [0, 0.05) is 0 Å². The third-order valence-electron chi connectivity index (χ3n) is 4.68. The van der Waals surface area contributed by atoms with E-state index >= 15 is 0 Å². The van der Waals surface area contributed by atoms with Crippen molar-refractivity contribution in [3.8, 4) is 0 Å². The minimum Gasteiger partial charge on any atom is -0.342 e. The first-order chi connectivity index (χ1) is 14.4. The Morgan fingerprint density at radius 1 is 0.710 bits per heavy atom. The number of ether oxygens (including phenoxy) is 2. The van der Waals surface area contributed by atoms with Crippen molar-refractivity contribution in [3.05, 3.63) is 59.7 Å². The molecule has 8 nitrogen and oxygen atoms in total. The van der Waals surface area contributed by atoms with Crippen LogP contribution >= 0.6 is 0 Å². The van der Waals surface area contributed by atoms with Gasteiger partial charge in [-0.3, -0.25) is 8.37 Å². The molecule has 1 heterocycles. The lowest BCUT2D eigenvalue weighted by Crippen LogP contribution is -2.33. The van der Waals surface area contributed by atoms with Gasteiger partial charge in [0.15, 0.2) is 5.79 Å². The molecular formula is C21H26O8S2. The molecule has 3 rings (SSSR count). The van der Waals surface area contributed by atoms with E-state index in [9.17, 15) is 16.8 Å². The zero-order valence-corrected chi connectivity index (χ0v) is 19.4. The summed E-state index contributed by atoms with van der Waals surface area (Å²) in [5, 5.41) is 0. The Morgan fingerprint density at radius 2 is 1.03 bits per heavy atom. The van der Waals surface area contributed by atoms with Gasteiger partial charge in [-0.1, -0.05) is 35.4 Å². The average molecular weight is 471 g/mol. The summed E-state index contributed by atoms with van der Waals surface area (Å²) in [7, 11) is -8.02. The van der Waals surface area contributed by atoms with Crippen LogP contribution in [0.1, 0.15) is 25.0 Å². The molecular weight excluding hydrogens is 444 g/mol. The first kappa shape index (κ1) is 23.8. The SMILES string of the molecule is Cc1ccc(S(=O)(=O)OCC2OC(C)(C)O[C@@H]2COS(=O)(=O)c2ccc(C)cc2)cc1. The Morgan fingerprint density at radius 3 is 1.35 bits per heavy atom. The lowest BCUT2D eigenvalue weighted by Gasteiger charge is -2.17. The minimum absolute atomic E-state index is 0.0195. The summed E-state index contributed by atoms with van der Waals surface area (Å²) in [4.78, 5) is 0.0389. The van der Waals surface area contributed by atoms with Crippen LogP contribution in [0.5, 0.6) is 0 Å². The Bertz CT molecular complexity index is 1020. The Kier molecular flexibility index (Phi) is 6.90. The molecule has 170 valence electrons. The monoisotopic (exact) mass is 470 g/mol. The van der Waals surface area contributed by atoms with Gasteiger partial charge in [-0.2, -0.15) is 16.8 Å². The molecule has 0 bridgehead atoms. The molecule has 2 atom stereocenters. The van der Waals surface area contributed by atoms with Crippen LogP contribution in [0.3, 0.4) is 0 Å². The van der Waals surface area contributed by atoms with Crippen molar-refractivity contribution in [2.75, 3.05) is 13.2 Å². The summed E-state index contributed by atoms with van der Waals surface area (Å²) in [5.74, 6) is -1.05. The van der Waals surface area contributed by atoms with Gasteiger partial charge in [-0.05, 0) is 52.0 Å². The fraction of sp³-hybridized carbons (Fsp3) is 0.429. The maximum Gasteiger partial charge on any atom is 0.297 e. The second-order valence-corrected chi connectivity index (χ2v) is 11.0. The molecule has 2 aromatic carbocycles. The molecule has 1 saturated heterocycles. The van der Waals surface area contributed by atoms with Crippen molar-refractivity contribution in [3.63, 3.8) is 0 Å². The minimum atomic E-state index is -4.01. The average Bonchev–Trinajstić information content (AvgIpc) is 2.99. The molecule has 0 saturated carbocycles. The lowest BCUT2D eigenvalue weighted by molar-refractivity contribution is -0.150. The Hall–Kier alpha value is -1.82. The normalized spacial score (nSPS) is 21.3. The molecule has 1 aliphatic rings. The molecule has 0 N–H and O–H groups in total. The van der Waals surface area contributed by atoms with Gasteiger partial charge in [0.1, 0.15) is 12.2 Å². The third-order valence-corrected chi connectivity index (χ3v) is 7.27. The van der Waals surface area contributed by atoms with E-state index in [1.165, 1.54) is 24.3 Å². The van der Waals surface area contributed by atoms with Crippen LogP contribution in [0.4, 0.5) is 0 Å². The smallest absolute Gasteiger partial charge is 0.297 e. The molecule has 0 amide bonds. The van der Waals surface area contributed by atoms with Gasteiger partial charge in [0.2, 0.25) is 0 Å². The van der Waals surface area contributed by atoms with Gasteiger partial charge < -0.3 is 9.47 Å². The van der Waals surface area contributed by atoms with E-state index in [-0.39, 0.29) is 23.0 Å². The van der Waals surface area contributed by atoms with Crippen molar-refractivity contribution in [2.45, 2.75) is 55.5 Å². The topological polar surface area (TPSA) is 105 Å². The van der Waals surface area contributed by atoms with Crippen LogP contribution in [0.25, 0.3) is 0 Å². The van der Waals surface area contributed by atoms with Crippen LogP contribution in [0.15, 0.2) is 58.3 Å². The Balaban J connectivity index is 1.67. The molecule has 0 aromatic heterocycles. The molecule has 2 aromatic rings.